The SMILES string of the molecule is CCC(CNC(=NC)NCCCN1C(=O)COc2ccccc21)Oc1ccccc1F.I. The van der Waals surface area contributed by atoms with Crippen LogP contribution in [0.4, 0.5) is 10.1 Å². The summed E-state index contributed by atoms with van der Waals surface area (Å²) in [4.78, 5) is 18.2. The Hall–Kier alpha value is -2.56. The van der Waals surface area contributed by atoms with Gasteiger partial charge >= 0.3 is 0 Å². The molecule has 1 heterocycles. The molecule has 2 N–H and O–H groups in total. The molecule has 1 unspecified atom stereocenters. The van der Waals surface area contributed by atoms with Gasteiger partial charge in [-0.3, -0.25) is 9.79 Å². The number of para-hydroxylation sites is 3. The first kappa shape index (κ1) is 25.7. The fraction of sp³-hybridized carbons (Fsp3) is 0.391. The van der Waals surface area contributed by atoms with Crippen molar-refractivity contribution in [2.45, 2.75) is 25.9 Å². The summed E-state index contributed by atoms with van der Waals surface area (Å²) in [6.07, 6.45) is 1.26. The Morgan fingerprint density at radius 2 is 1.97 bits per heavy atom. The summed E-state index contributed by atoms with van der Waals surface area (Å²) in [7, 11) is 1.69. The number of carbonyl (C=O) groups excluding carboxylic acids is 1. The van der Waals surface area contributed by atoms with Crippen LogP contribution in [-0.2, 0) is 4.79 Å². The van der Waals surface area contributed by atoms with Gasteiger partial charge in [0.15, 0.2) is 24.1 Å². The highest BCUT2D eigenvalue weighted by atomic mass is 127. The molecule has 32 heavy (non-hydrogen) atoms. The predicted octanol–water partition coefficient (Wildman–Crippen LogP) is 3.58. The van der Waals surface area contributed by atoms with Crippen molar-refractivity contribution >= 4 is 41.5 Å². The Kier molecular flexibility index (Phi) is 10.5. The van der Waals surface area contributed by atoms with E-state index in [9.17, 15) is 9.18 Å². The molecule has 0 saturated heterocycles. The van der Waals surface area contributed by atoms with Crippen LogP contribution in [0.5, 0.6) is 11.5 Å². The number of rotatable bonds is 9. The number of anilines is 1. The molecule has 9 heteroatoms. The number of nitrogens with one attached hydrogen (secondary N) is 2. The quantitative estimate of drug-likeness (QED) is 0.214. The number of hydrogen-bond acceptors (Lipinski definition) is 4. The highest BCUT2D eigenvalue weighted by Crippen LogP contribution is 2.31. The van der Waals surface area contributed by atoms with Gasteiger partial charge in [-0.15, -0.1) is 24.0 Å². The number of benzene rings is 2. The molecule has 0 aromatic heterocycles. The Balaban J connectivity index is 0.00000363. The number of fused-ring (bicyclic) bond motifs is 1. The first-order valence-corrected chi connectivity index (χ1v) is 10.5. The van der Waals surface area contributed by atoms with E-state index in [1.165, 1.54) is 6.07 Å². The van der Waals surface area contributed by atoms with Crippen molar-refractivity contribution in [1.29, 1.82) is 0 Å². The van der Waals surface area contributed by atoms with E-state index in [0.29, 0.717) is 25.6 Å². The number of nitrogens with zero attached hydrogens (tertiary/aromatic N) is 2. The molecule has 174 valence electrons. The lowest BCUT2D eigenvalue weighted by Gasteiger charge is -2.29. The molecule has 1 aliphatic rings. The molecule has 1 atom stereocenters. The Morgan fingerprint density at radius 3 is 2.72 bits per heavy atom. The molecule has 3 rings (SSSR count). The van der Waals surface area contributed by atoms with Gasteiger partial charge in [-0.2, -0.15) is 0 Å². The molecular formula is C23H30FIN4O3. The molecule has 0 fully saturated rings. The van der Waals surface area contributed by atoms with E-state index in [1.807, 2.05) is 31.2 Å². The van der Waals surface area contributed by atoms with Gasteiger partial charge in [0.1, 0.15) is 11.9 Å². The lowest BCUT2D eigenvalue weighted by atomic mass is 10.2. The summed E-state index contributed by atoms with van der Waals surface area (Å²) in [5.74, 6) is 1.19. The van der Waals surface area contributed by atoms with Gasteiger partial charge in [-0.05, 0) is 37.1 Å². The maximum absolute atomic E-state index is 13.8. The average Bonchev–Trinajstić information content (AvgIpc) is 2.80. The Bertz CT molecular complexity index is 912. The fourth-order valence-electron chi connectivity index (χ4n) is 3.26. The molecular weight excluding hydrogens is 526 g/mol. The lowest BCUT2D eigenvalue weighted by Crippen LogP contribution is -2.44. The van der Waals surface area contributed by atoms with Crippen LogP contribution in [0.15, 0.2) is 53.5 Å². The number of hydrogen-bond donors (Lipinski definition) is 2. The van der Waals surface area contributed by atoms with Gasteiger partial charge in [-0.1, -0.05) is 31.2 Å². The number of carbonyl (C=O) groups is 1. The van der Waals surface area contributed by atoms with Crippen LogP contribution in [0.1, 0.15) is 19.8 Å². The number of amides is 1. The van der Waals surface area contributed by atoms with Crippen LogP contribution in [0.25, 0.3) is 0 Å². The third kappa shape index (κ3) is 6.98. The molecule has 0 saturated carbocycles. The summed E-state index contributed by atoms with van der Waals surface area (Å²) >= 11 is 0. The second kappa shape index (κ2) is 13.1. The standard InChI is InChI=1S/C23H29FN4O3.HI/c1-3-17(31-20-11-6-4-9-18(20)24)15-27-23(25-2)26-13-8-14-28-19-10-5-7-12-21(19)30-16-22(28)29;/h4-7,9-12,17H,3,8,13-16H2,1-2H3,(H2,25,26,27);1H. The van der Waals surface area contributed by atoms with Gasteiger partial charge in [0.05, 0.1) is 12.2 Å². The zero-order chi connectivity index (χ0) is 22.1. The van der Waals surface area contributed by atoms with E-state index in [-0.39, 0.29) is 54.2 Å². The van der Waals surface area contributed by atoms with Crippen LogP contribution in [-0.4, -0.2) is 51.3 Å². The van der Waals surface area contributed by atoms with E-state index < -0.39 is 0 Å². The van der Waals surface area contributed by atoms with Crippen LogP contribution < -0.4 is 25.0 Å². The number of guanidine groups is 1. The highest BCUT2D eigenvalue weighted by Gasteiger charge is 2.24. The molecule has 2 aromatic carbocycles. The number of halogens is 2. The normalized spacial score (nSPS) is 14.0. The molecule has 0 bridgehead atoms. The van der Waals surface area contributed by atoms with Gasteiger partial charge < -0.3 is 25.0 Å². The molecule has 1 amide bonds. The minimum atomic E-state index is -0.373. The molecule has 2 aromatic rings. The van der Waals surface area contributed by atoms with Gasteiger partial charge in [-0.25, -0.2) is 4.39 Å². The highest BCUT2D eigenvalue weighted by molar-refractivity contribution is 14.0. The molecule has 7 nitrogen and oxygen atoms in total. The first-order chi connectivity index (χ1) is 15.1. The Morgan fingerprint density at radius 1 is 1.22 bits per heavy atom. The number of aliphatic imine (C=N–C) groups is 1. The van der Waals surface area contributed by atoms with Crippen LogP contribution in [0, 0.1) is 5.82 Å². The minimum absolute atomic E-state index is 0. The second-order valence-corrected chi connectivity index (χ2v) is 7.11. The van der Waals surface area contributed by atoms with E-state index in [0.717, 1.165) is 24.3 Å². The van der Waals surface area contributed by atoms with Crippen molar-refractivity contribution in [1.82, 2.24) is 10.6 Å². The van der Waals surface area contributed by atoms with Crippen molar-refractivity contribution in [3.8, 4) is 11.5 Å². The maximum Gasteiger partial charge on any atom is 0.265 e. The third-order valence-corrected chi connectivity index (χ3v) is 4.97. The van der Waals surface area contributed by atoms with Crippen LogP contribution in [0.2, 0.25) is 0 Å². The van der Waals surface area contributed by atoms with Crippen molar-refractivity contribution in [2.75, 3.05) is 38.2 Å². The van der Waals surface area contributed by atoms with Gasteiger partial charge in [0, 0.05) is 20.1 Å². The smallest absolute Gasteiger partial charge is 0.265 e. The van der Waals surface area contributed by atoms with Crippen LogP contribution in [0.3, 0.4) is 0 Å². The van der Waals surface area contributed by atoms with Gasteiger partial charge in [0.25, 0.3) is 5.91 Å². The zero-order valence-corrected chi connectivity index (χ0v) is 20.7. The molecule has 0 spiro atoms. The monoisotopic (exact) mass is 556 g/mol. The lowest BCUT2D eigenvalue weighted by molar-refractivity contribution is -0.121. The molecule has 0 radical (unpaired) electrons. The van der Waals surface area contributed by atoms with E-state index in [1.54, 1.807) is 30.1 Å². The summed E-state index contributed by atoms with van der Waals surface area (Å²) in [6.45, 7) is 3.75. The van der Waals surface area contributed by atoms with E-state index >= 15 is 0 Å². The Labute approximate surface area is 205 Å². The van der Waals surface area contributed by atoms with E-state index in [2.05, 4.69) is 15.6 Å². The summed E-state index contributed by atoms with van der Waals surface area (Å²) in [6, 6.07) is 13.9. The summed E-state index contributed by atoms with van der Waals surface area (Å²) in [5.41, 5.74) is 0.803. The second-order valence-electron chi connectivity index (χ2n) is 7.11. The van der Waals surface area contributed by atoms with Gasteiger partial charge in [0.2, 0.25) is 0 Å². The third-order valence-electron chi connectivity index (χ3n) is 4.97. The number of ether oxygens (including phenoxy) is 2. The summed E-state index contributed by atoms with van der Waals surface area (Å²) in [5, 5.41) is 6.46. The zero-order valence-electron chi connectivity index (χ0n) is 18.3. The van der Waals surface area contributed by atoms with E-state index in [4.69, 9.17) is 9.47 Å². The average molecular weight is 556 g/mol. The molecule has 0 aliphatic carbocycles. The summed E-state index contributed by atoms with van der Waals surface area (Å²) < 4.78 is 25.0. The van der Waals surface area contributed by atoms with Crippen molar-refractivity contribution in [2.24, 2.45) is 4.99 Å². The topological polar surface area (TPSA) is 75.2 Å². The molecule has 1 aliphatic heterocycles. The minimum Gasteiger partial charge on any atom is -0.486 e. The van der Waals surface area contributed by atoms with Crippen molar-refractivity contribution in [3.05, 3.63) is 54.3 Å². The fourth-order valence-corrected chi connectivity index (χ4v) is 3.26. The van der Waals surface area contributed by atoms with Crippen molar-refractivity contribution in [3.63, 3.8) is 0 Å². The van der Waals surface area contributed by atoms with Crippen LogP contribution >= 0.6 is 24.0 Å². The van der Waals surface area contributed by atoms with Crippen molar-refractivity contribution < 1.29 is 18.7 Å². The maximum atomic E-state index is 13.8. The predicted molar refractivity (Wildman–Crippen MR) is 135 cm³/mol. The first-order valence-electron chi connectivity index (χ1n) is 10.5. The largest absolute Gasteiger partial charge is 0.486 e.